The number of hydrogen-bond acceptors (Lipinski definition) is 3. The topological polar surface area (TPSA) is 86.7 Å². The number of piperidine rings is 1. The van der Waals surface area contributed by atoms with Crippen LogP contribution in [0.15, 0.2) is 0 Å². The third-order valence-corrected chi connectivity index (χ3v) is 3.94. The second-order valence-electron chi connectivity index (χ2n) is 7.04. The van der Waals surface area contributed by atoms with Crippen LogP contribution in [-0.2, 0) is 14.4 Å². The van der Waals surface area contributed by atoms with Crippen molar-refractivity contribution in [3.05, 3.63) is 0 Å². The van der Waals surface area contributed by atoms with Gasteiger partial charge in [-0.3, -0.25) is 14.4 Å². The number of carbonyl (C=O) groups excluding carboxylic acids is 2. The van der Waals surface area contributed by atoms with Gasteiger partial charge in [-0.2, -0.15) is 0 Å². The molecule has 2 amide bonds. The van der Waals surface area contributed by atoms with Crippen LogP contribution in [0.2, 0.25) is 0 Å². The molecule has 0 aromatic heterocycles. The smallest absolute Gasteiger partial charge is 0.303 e. The van der Waals surface area contributed by atoms with Gasteiger partial charge in [-0.05, 0) is 25.2 Å². The summed E-state index contributed by atoms with van der Waals surface area (Å²) in [6, 6.07) is 0. The van der Waals surface area contributed by atoms with E-state index in [2.05, 4.69) is 5.32 Å². The van der Waals surface area contributed by atoms with E-state index in [1.807, 2.05) is 20.8 Å². The Kier molecular flexibility index (Phi) is 6.84. The highest BCUT2D eigenvalue weighted by molar-refractivity contribution is 5.82. The SMILES string of the molecule is CC(C)(C)C(=O)NCCC(=O)N1CCCC(CCC(=O)O)C1. The van der Waals surface area contributed by atoms with E-state index in [1.54, 1.807) is 4.90 Å². The molecule has 0 aliphatic carbocycles. The number of hydrogen-bond donors (Lipinski definition) is 2. The van der Waals surface area contributed by atoms with Gasteiger partial charge in [0.2, 0.25) is 11.8 Å². The van der Waals surface area contributed by atoms with Gasteiger partial charge in [0.05, 0.1) is 0 Å². The normalized spacial score (nSPS) is 18.9. The van der Waals surface area contributed by atoms with Gasteiger partial charge in [0.15, 0.2) is 0 Å². The zero-order valence-electron chi connectivity index (χ0n) is 13.9. The van der Waals surface area contributed by atoms with Crippen molar-refractivity contribution < 1.29 is 19.5 Å². The van der Waals surface area contributed by atoms with E-state index < -0.39 is 11.4 Å². The van der Waals surface area contributed by atoms with E-state index >= 15 is 0 Å². The molecular formula is C16H28N2O4. The van der Waals surface area contributed by atoms with E-state index in [9.17, 15) is 14.4 Å². The molecule has 22 heavy (non-hydrogen) atoms. The summed E-state index contributed by atoms with van der Waals surface area (Å²) in [5.74, 6) is -0.529. The Morgan fingerprint density at radius 3 is 2.50 bits per heavy atom. The second-order valence-corrected chi connectivity index (χ2v) is 7.04. The van der Waals surface area contributed by atoms with E-state index in [4.69, 9.17) is 5.11 Å². The number of carboxylic acid groups (broad SMARTS) is 1. The number of carboxylic acids is 1. The van der Waals surface area contributed by atoms with Gasteiger partial charge < -0.3 is 15.3 Å². The molecule has 1 fully saturated rings. The van der Waals surface area contributed by atoms with Crippen molar-refractivity contribution in [2.75, 3.05) is 19.6 Å². The molecule has 1 unspecified atom stereocenters. The summed E-state index contributed by atoms with van der Waals surface area (Å²) in [5, 5.41) is 11.5. The molecular weight excluding hydrogens is 284 g/mol. The Labute approximate surface area is 132 Å². The third kappa shape index (κ3) is 6.45. The Morgan fingerprint density at radius 1 is 1.23 bits per heavy atom. The Hall–Kier alpha value is -1.59. The lowest BCUT2D eigenvalue weighted by Crippen LogP contribution is -2.42. The summed E-state index contributed by atoms with van der Waals surface area (Å²) >= 11 is 0. The third-order valence-electron chi connectivity index (χ3n) is 3.94. The van der Waals surface area contributed by atoms with Crippen molar-refractivity contribution in [3.63, 3.8) is 0 Å². The quantitative estimate of drug-likeness (QED) is 0.780. The molecule has 0 saturated carbocycles. The van der Waals surface area contributed by atoms with Gasteiger partial charge >= 0.3 is 5.97 Å². The van der Waals surface area contributed by atoms with Crippen molar-refractivity contribution in [1.82, 2.24) is 10.2 Å². The maximum absolute atomic E-state index is 12.2. The first-order chi connectivity index (χ1) is 10.2. The summed E-state index contributed by atoms with van der Waals surface area (Å²) in [7, 11) is 0. The molecule has 1 atom stereocenters. The van der Waals surface area contributed by atoms with Crippen LogP contribution < -0.4 is 5.32 Å². The molecule has 1 saturated heterocycles. The lowest BCUT2D eigenvalue weighted by atomic mass is 9.93. The molecule has 6 heteroatoms. The number of rotatable bonds is 6. The minimum atomic E-state index is -0.784. The molecule has 1 heterocycles. The fourth-order valence-corrected chi connectivity index (χ4v) is 2.56. The fourth-order valence-electron chi connectivity index (χ4n) is 2.56. The van der Waals surface area contributed by atoms with Gasteiger partial charge in [-0.1, -0.05) is 20.8 Å². The summed E-state index contributed by atoms with van der Waals surface area (Å²) in [6.45, 7) is 7.23. The van der Waals surface area contributed by atoms with Crippen LogP contribution in [-0.4, -0.2) is 47.4 Å². The van der Waals surface area contributed by atoms with Crippen molar-refractivity contribution in [2.45, 2.75) is 52.9 Å². The Morgan fingerprint density at radius 2 is 1.91 bits per heavy atom. The van der Waals surface area contributed by atoms with Crippen LogP contribution in [0.4, 0.5) is 0 Å². The van der Waals surface area contributed by atoms with Gasteiger partial charge in [-0.25, -0.2) is 0 Å². The number of carbonyl (C=O) groups is 3. The largest absolute Gasteiger partial charge is 0.481 e. The van der Waals surface area contributed by atoms with Crippen LogP contribution in [0, 0.1) is 11.3 Å². The van der Waals surface area contributed by atoms with E-state index in [0.717, 1.165) is 19.4 Å². The molecule has 0 aromatic carbocycles. The molecule has 0 spiro atoms. The van der Waals surface area contributed by atoms with Crippen LogP contribution >= 0.6 is 0 Å². The molecule has 2 N–H and O–H groups in total. The zero-order chi connectivity index (χ0) is 16.8. The lowest BCUT2D eigenvalue weighted by molar-refractivity contribution is -0.137. The number of aliphatic carboxylic acids is 1. The molecule has 6 nitrogen and oxygen atoms in total. The van der Waals surface area contributed by atoms with Crippen LogP contribution in [0.5, 0.6) is 0 Å². The fraction of sp³-hybridized carbons (Fsp3) is 0.812. The van der Waals surface area contributed by atoms with Gasteiger partial charge in [-0.15, -0.1) is 0 Å². The van der Waals surface area contributed by atoms with Crippen LogP contribution in [0.1, 0.15) is 52.9 Å². The van der Waals surface area contributed by atoms with E-state index in [-0.39, 0.29) is 24.2 Å². The summed E-state index contributed by atoms with van der Waals surface area (Å²) in [4.78, 5) is 36.3. The van der Waals surface area contributed by atoms with E-state index in [1.165, 1.54) is 0 Å². The minimum Gasteiger partial charge on any atom is -0.481 e. The first-order valence-corrected chi connectivity index (χ1v) is 7.98. The monoisotopic (exact) mass is 312 g/mol. The molecule has 0 aromatic rings. The lowest BCUT2D eigenvalue weighted by Gasteiger charge is -2.32. The zero-order valence-corrected chi connectivity index (χ0v) is 13.9. The highest BCUT2D eigenvalue weighted by Gasteiger charge is 2.25. The second kappa shape index (κ2) is 8.15. The standard InChI is InChI=1S/C16H28N2O4/c1-16(2,3)15(22)17-9-8-13(19)18-10-4-5-12(11-18)6-7-14(20)21/h12H,4-11H2,1-3H3,(H,17,22)(H,20,21). The Bertz CT molecular complexity index is 415. The van der Waals surface area contributed by atoms with Crippen LogP contribution in [0.25, 0.3) is 0 Å². The average molecular weight is 312 g/mol. The van der Waals surface area contributed by atoms with Crippen molar-refractivity contribution in [2.24, 2.45) is 11.3 Å². The average Bonchev–Trinajstić information content (AvgIpc) is 2.44. The van der Waals surface area contributed by atoms with Gasteiger partial charge in [0.25, 0.3) is 0 Å². The predicted molar refractivity (Wildman–Crippen MR) is 83.3 cm³/mol. The minimum absolute atomic E-state index is 0.0363. The molecule has 1 rings (SSSR count). The highest BCUT2D eigenvalue weighted by atomic mass is 16.4. The molecule has 0 bridgehead atoms. The summed E-state index contributed by atoms with van der Waals surface area (Å²) in [6.07, 6.45) is 2.99. The van der Waals surface area contributed by atoms with Crippen molar-refractivity contribution >= 4 is 17.8 Å². The molecule has 1 aliphatic rings. The summed E-state index contributed by atoms with van der Waals surface area (Å²) < 4.78 is 0. The molecule has 0 radical (unpaired) electrons. The number of nitrogens with one attached hydrogen (secondary N) is 1. The molecule has 126 valence electrons. The maximum atomic E-state index is 12.2. The number of nitrogens with zero attached hydrogens (tertiary/aromatic N) is 1. The molecule has 1 aliphatic heterocycles. The summed E-state index contributed by atoms with van der Waals surface area (Å²) in [5.41, 5.74) is -0.448. The van der Waals surface area contributed by atoms with Gasteiger partial charge in [0, 0.05) is 37.9 Å². The Balaban J connectivity index is 2.32. The first kappa shape index (κ1) is 18.5. The highest BCUT2D eigenvalue weighted by Crippen LogP contribution is 2.21. The number of amides is 2. The maximum Gasteiger partial charge on any atom is 0.303 e. The van der Waals surface area contributed by atoms with E-state index in [0.29, 0.717) is 25.9 Å². The number of likely N-dealkylation sites (tertiary alicyclic amines) is 1. The van der Waals surface area contributed by atoms with Crippen LogP contribution in [0.3, 0.4) is 0 Å². The predicted octanol–water partition coefficient (Wildman–Crippen LogP) is 1.64. The van der Waals surface area contributed by atoms with Gasteiger partial charge in [0.1, 0.15) is 0 Å². The van der Waals surface area contributed by atoms with Crippen molar-refractivity contribution in [3.8, 4) is 0 Å². The van der Waals surface area contributed by atoms with Crippen molar-refractivity contribution in [1.29, 1.82) is 0 Å². The first-order valence-electron chi connectivity index (χ1n) is 7.98.